The molecule has 1 aliphatic carbocycles. The van der Waals surface area contributed by atoms with Crippen LogP contribution in [0.25, 0.3) is 0 Å². The van der Waals surface area contributed by atoms with E-state index in [9.17, 15) is 14.7 Å². The standard InChI is InChI=1S/C12H20O4/c1-5-11(2)8(9(13)16-4)6-7-12(11,3)10(14)15/h8H,5-7H2,1-4H3,(H,14,15). The first kappa shape index (κ1) is 13.0. The van der Waals surface area contributed by atoms with Crippen molar-refractivity contribution in [2.45, 2.75) is 40.0 Å². The Balaban J connectivity index is 3.13. The number of rotatable bonds is 3. The molecular weight excluding hydrogens is 208 g/mol. The molecule has 0 aromatic heterocycles. The van der Waals surface area contributed by atoms with Crippen LogP contribution in [0.1, 0.15) is 40.0 Å². The summed E-state index contributed by atoms with van der Waals surface area (Å²) in [7, 11) is 1.36. The summed E-state index contributed by atoms with van der Waals surface area (Å²) in [5.41, 5.74) is -1.35. The molecule has 1 N–H and O–H groups in total. The molecule has 16 heavy (non-hydrogen) atoms. The molecule has 0 heterocycles. The minimum atomic E-state index is -0.833. The third-order valence-electron chi connectivity index (χ3n) is 4.65. The topological polar surface area (TPSA) is 63.6 Å². The van der Waals surface area contributed by atoms with Gasteiger partial charge in [0.25, 0.3) is 0 Å². The summed E-state index contributed by atoms with van der Waals surface area (Å²) < 4.78 is 4.77. The summed E-state index contributed by atoms with van der Waals surface area (Å²) in [4.78, 5) is 23.1. The number of methoxy groups -OCH3 is 1. The van der Waals surface area contributed by atoms with Crippen molar-refractivity contribution in [3.8, 4) is 0 Å². The summed E-state index contributed by atoms with van der Waals surface area (Å²) >= 11 is 0. The lowest BCUT2D eigenvalue weighted by molar-refractivity contribution is -0.160. The minimum absolute atomic E-state index is 0.283. The average molecular weight is 228 g/mol. The molecule has 3 unspecified atom stereocenters. The van der Waals surface area contributed by atoms with Gasteiger partial charge in [-0.05, 0) is 31.6 Å². The first-order valence-electron chi connectivity index (χ1n) is 5.64. The maximum absolute atomic E-state index is 11.7. The van der Waals surface area contributed by atoms with Crippen molar-refractivity contribution in [1.29, 1.82) is 0 Å². The Bertz CT molecular complexity index is 312. The minimum Gasteiger partial charge on any atom is -0.481 e. The number of aliphatic carboxylic acids is 1. The number of carboxylic acid groups (broad SMARTS) is 1. The molecule has 1 aliphatic rings. The van der Waals surface area contributed by atoms with Crippen LogP contribution >= 0.6 is 0 Å². The Morgan fingerprint density at radius 1 is 1.44 bits per heavy atom. The van der Waals surface area contributed by atoms with Crippen LogP contribution in [0.15, 0.2) is 0 Å². The van der Waals surface area contributed by atoms with Crippen LogP contribution in [0.2, 0.25) is 0 Å². The van der Waals surface area contributed by atoms with Crippen molar-refractivity contribution in [3.05, 3.63) is 0 Å². The number of esters is 1. The SMILES string of the molecule is CCC1(C)C(C(=O)OC)CCC1(C)C(=O)O. The Hall–Kier alpha value is -1.06. The first-order valence-corrected chi connectivity index (χ1v) is 5.64. The first-order chi connectivity index (χ1) is 7.33. The molecule has 0 radical (unpaired) electrons. The highest BCUT2D eigenvalue weighted by Crippen LogP contribution is 2.58. The van der Waals surface area contributed by atoms with Crippen LogP contribution in [0, 0.1) is 16.7 Å². The molecule has 1 fully saturated rings. The summed E-state index contributed by atoms with van der Waals surface area (Å²) in [5, 5.41) is 9.36. The molecule has 0 spiro atoms. The van der Waals surface area contributed by atoms with E-state index >= 15 is 0 Å². The zero-order valence-corrected chi connectivity index (χ0v) is 10.4. The zero-order valence-electron chi connectivity index (χ0n) is 10.4. The summed E-state index contributed by atoms with van der Waals surface area (Å²) in [6, 6.07) is 0. The van der Waals surface area contributed by atoms with Crippen LogP contribution in [0.4, 0.5) is 0 Å². The van der Waals surface area contributed by atoms with E-state index in [1.807, 2.05) is 13.8 Å². The molecule has 0 aliphatic heterocycles. The van der Waals surface area contributed by atoms with E-state index < -0.39 is 16.8 Å². The predicted molar refractivity (Wildman–Crippen MR) is 58.9 cm³/mol. The highest BCUT2D eigenvalue weighted by molar-refractivity contribution is 5.80. The Kier molecular flexibility index (Phi) is 3.31. The van der Waals surface area contributed by atoms with Gasteiger partial charge in [0.1, 0.15) is 0 Å². The molecule has 92 valence electrons. The number of hydrogen-bond donors (Lipinski definition) is 1. The fourth-order valence-corrected chi connectivity index (χ4v) is 2.93. The smallest absolute Gasteiger partial charge is 0.309 e. The highest BCUT2D eigenvalue weighted by atomic mass is 16.5. The van der Waals surface area contributed by atoms with E-state index in [1.54, 1.807) is 6.92 Å². The van der Waals surface area contributed by atoms with Crippen molar-refractivity contribution >= 4 is 11.9 Å². The number of carboxylic acids is 1. The summed E-state index contributed by atoms with van der Waals surface area (Å²) in [6.45, 7) is 5.56. The second-order valence-corrected chi connectivity index (χ2v) is 5.02. The van der Waals surface area contributed by atoms with E-state index in [0.29, 0.717) is 19.3 Å². The van der Waals surface area contributed by atoms with Crippen LogP contribution in [0.3, 0.4) is 0 Å². The van der Waals surface area contributed by atoms with Gasteiger partial charge in [0.15, 0.2) is 0 Å². The Morgan fingerprint density at radius 2 is 2.00 bits per heavy atom. The van der Waals surface area contributed by atoms with E-state index in [4.69, 9.17) is 4.74 Å². The van der Waals surface area contributed by atoms with Gasteiger partial charge in [-0.2, -0.15) is 0 Å². The van der Waals surface area contributed by atoms with E-state index in [-0.39, 0.29) is 11.9 Å². The Morgan fingerprint density at radius 3 is 2.38 bits per heavy atom. The van der Waals surface area contributed by atoms with Crippen molar-refractivity contribution in [2.75, 3.05) is 7.11 Å². The molecule has 0 bridgehead atoms. The second kappa shape index (κ2) is 4.07. The third-order valence-corrected chi connectivity index (χ3v) is 4.65. The van der Waals surface area contributed by atoms with Gasteiger partial charge < -0.3 is 9.84 Å². The molecule has 0 aromatic carbocycles. The maximum atomic E-state index is 11.7. The van der Waals surface area contributed by atoms with Crippen LogP contribution < -0.4 is 0 Å². The molecule has 1 rings (SSSR count). The van der Waals surface area contributed by atoms with Gasteiger partial charge in [0.2, 0.25) is 0 Å². The quantitative estimate of drug-likeness (QED) is 0.751. The van der Waals surface area contributed by atoms with Gasteiger partial charge in [-0.3, -0.25) is 9.59 Å². The van der Waals surface area contributed by atoms with Crippen molar-refractivity contribution in [1.82, 2.24) is 0 Å². The highest BCUT2D eigenvalue weighted by Gasteiger charge is 2.60. The van der Waals surface area contributed by atoms with E-state index in [2.05, 4.69) is 0 Å². The van der Waals surface area contributed by atoms with Crippen LogP contribution in [-0.4, -0.2) is 24.2 Å². The fourth-order valence-electron chi connectivity index (χ4n) is 2.93. The lowest BCUT2D eigenvalue weighted by atomic mass is 9.63. The molecule has 1 saturated carbocycles. The summed E-state index contributed by atoms with van der Waals surface area (Å²) in [5.74, 6) is -1.40. The predicted octanol–water partition coefficient (Wildman–Crippen LogP) is 2.08. The van der Waals surface area contributed by atoms with Gasteiger partial charge in [-0.15, -0.1) is 0 Å². The second-order valence-electron chi connectivity index (χ2n) is 5.02. The molecule has 0 aromatic rings. The molecular formula is C12H20O4. The van der Waals surface area contributed by atoms with Gasteiger partial charge >= 0.3 is 11.9 Å². The normalized spacial score (nSPS) is 38.4. The molecule has 4 heteroatoms. The molecule has 4 nitrogen and oxygen atoms in total. The molecule has 0 amide bonds. The largest absolute Gasteiger partial charge is 0.481 e. The maximum Gasteiger partial charge on any atom is 0.309 e. The van der Waals surface area contributed by atoms with Gasteiger partial charge in [-0.1, -0.05) is 13.8 Å². The number of hydrogen-bond acceptors (Lipinski definition) is 3. The van der Waals surface area contributed by atoms with Crippen molar-refractivity contribution in [2.24, 2.45) is 16.7 Å². The molecule has 0 saturated heterocycles. The van der Waals surface area contributed by atoms with E-state index in [0.717, 1.165) is 0 Å². The monoisotopic (exact) mass is 228 g/mol. The van der Waals surface area contributed by atoms with Crippen molar-refractivity contribution in [3.63, 3.8) is 0 Å². The van der Waals surface area contributed by atoms with E-state index in [1.165, 1.54) is 7.11 Å². The Labute approximate surface area is 96.0 Å². The zero-order chi connectivity index (χ0) is 12.6. The average Bonchev–Trinajstić information content (AvgIpc) is 2.53. The number of ether oxygens (including phenoxy) is 1. The van der Waals surface area contributed by atoms with Gasteiger partial charge in [0.05, 0.1) is 18.4 Å². The third kappa shape index (κ3) is 1.51. The lowest BCUT2D eigenvalue weighted by Crippen LogP contribution is -2.44. The van der Waals surface area contributed by atoms with Crippen LogP contribution in [0.5, 0.6) is 0 Å². The number of carbonyl (C=O) groups excluding carboxylic acids is 1. The van der Waals surface area contributed by atoms with Crippen molar-refractivity contribution < 1.29 is 19.4 Å². The fraction of sp³-hybridized carbons (Fsp3) is 0.833. The van der Waals surface area contributed by atoms with Crippen LogP contribution in [-0.2, 0) is 14.3 Å². The van der Waals surface area contributed by atoms with Gasteiger partial charge in [0, 0.05) is 0 Å². The van der Waals surface area contributed by atoms with Gasteiger partial charge in [-0.25, -0.2) is 0 Å². The lowest BCUT2D eigenvalue weighted by Gasteiger charge is -2.40. The molecule has 3 atom stereocenters. The number of carbonyl (C=O) groups is 2. The summed E-state index contributed by atoms with van der Waals surface area (Å²) in [6.07, 6.45) is 1.79.